The number of morpholine rings is 1. The molecule has 4 heterocycles. The van der Waals surface area contributed by atoms with Crippen LogP contribution in [0.5, 0.6) is 5.75 Å². The van der Waals surface area contributed by atoms with Gasteiger partial charge in [0.05, 0.1) is 25.5 Å². The molecule has 3 aliphatic rings. The minimum absolute atomic E-state index is 0.174. The topological polar surface area (TPSA) is 96.3 Å². The number of nitrogens with one attached hydrogen (secondary N) is 2. The molecule has 0 radical (unpaired) electrons. The summed E-state index contributed by atoms with van der Waals surface area (Å²) < 4.78 is 28.5. The van der Waals surface area contributed by atoms with Gasteiger partial charge in [0.15, 0.2) is 5.65 Å². The number of halogens is 1. The second-order valence-electron chi connectivity index (χ2n) is 12.4. The molecule has 1 aliphatic carbocycles. The molecular weight excluding hydrogens is 573 g/mol. The summed E-state index contributed by atoms with van der Waals surface area (Å²) >= 11 is 0. The lowest BCUT2D eigenvalue weighted by Gasteiger charge is -2.39. The summed E-state index contributed by atoms with van der Waals surface area (Å²) in [6.07, 6.45) is 6.73. The van der Waals surface area contributed by atoms with Crippen molar-refractivity contribution in [2.75, 3.05) is 41.4 Å². The number of pyridine rings is 1. The molecule has 2 aromatic heterocycles. The molecule has 0 spiro atoms. The first kappa shape index (κ1) is 29.3. The molecule has 2 N–H and O–H groups in total. The molecule has 45 heavy (non-hydrogen) atoms. The highest BCUT2D eigenvalue weighted by Gasteiger charge is 2.31. The summed E-state index contributed by atoms with van der Waals surface area (Å²) in [6.45, 7) is 7.06. The number of amides is 2. The highest BCUT2D eigenvalue weighted by molar-refractivity contribution is 5.90. The van der Waals surface area contributed by atoms with Crippen LogP contribution in [-0.4, -0.2) is 59.0 Å². The van der Waals surface area contributed by atoms with Gasteiger partial charge >= 0.3 is 6.03 Å². The summed E-state index contributed by atoms with van der Waals surface area (Å²) in [4.78, 5) is 17.6. The number of rotatable bonds is 6. The quantitative estimate of drug-likeness (QED) is 0.266. The van der Waals surface area contributed by atoms with Crippen LogP contribution < -0.4 is 25.2 Å². The van der Waals surface area contributed by atoms with Crippen molar-refractivity contribution in [3.63, 3.8) is 0 Å². The van der Waals surface area contributed by atoms with E-state index in [0.29, 0.717) is 50.5 Å². The van der Waals surface area contributed by atoms with E-state index in [4.69, 9.17) is 9.47 Å². The molecule has 7 rings (SSSR count). The van der Waals surface area contributed by atoms with Crippen LogP contribution in [0, 0.1) is 5.82 Å². The Bertz CT molecular complexity index is 1660. The fourth-order valence-corrected chi connectivity index (χ4v) is 7.08. The molecule has 0 bridgehead atoms. The number of benzene rings is 2. The van der Waals surface area contributed by atoms with Crippen molar-refractivity contribution >= 4 is 29.0 Å². The molecule has 2 aliphatic heterocycles. The molecule has 0 saturated carbocycles. The van der Waals surface area contributed by atoms with E-state index < -0.39 is 5.82 Å². The van der Waals surface area contributed by atoms with E-state index >= 15 is 0 Å². The van der Waals surface area contributed by atoms with Gasteiger partial charge in [-0.25, -0.2) is 9.18 Å². The number of fused-ring (bicyclic) bond motifs is 2. The Morgan fingerprint density at radius 3 is 2.53 bits per heavy atom. The average Bonchev–Trinajstić information content (AvgIpc) is 3.45. The summed E-state index contributed by atoms with van der Waals surface area (Å²) in [5.41, 5.74) is 3.98. The van der Waals surface area contributed by atoms with Crippen LogP contribution in [0.1, 0.15) is 69.2 Å². The van der Waals surface area contributed by atoms with E-state index in [1.54, 1.807) is 6.07 Å². The lowest BCUT2D eigenvalue weighted by molar-refractivity contribution is 0.122. The maximum atomic E-state index is 14.5. The third kappa shape index (κ3) is 6.13. The van der Waals surface area contributed by atoms with Crippen LogP contribution >= 0.6 is 0 Å². The molecule has 2 amide bonds. The van der Waals surface area contributed by atoms with Gasteiger partial charge in [-0.15, -0.1) is 10.2 Å². The SMILES string of the molecule is C[C@@H]1CCC[C@H](C)N1c1nnc2ccc(O[C@@H]3CC[C@H](NC(=O)Nc4cc(F)cc(N5CCOCC5)c4)c4ccccc43)cn12. The Morgan fingerprint density at radius 2 is 1.73 bits per heavy atom. The number of hydrogen-bond acceptors (Lipinski definition) is 7. The predicted molar refractivity (Wildman–Crippen MR) is 172 cm³/mol. The van der Waals surface area contributed by atoms with Crippen molar-refractivity contribution < 1.29 is 18.7 Å². The Hall–Kier alpha value is -4.38. The largest absolute Gasteiger partial charge is 0.484 e. The molecule has 0 unspecified atom stereocenters. The van der Waals surface area contributed by atoms with Gasteiger partial charge in [0, 0.05) is 36.5 Å². The fraction of sp³-hybridized carbons (Fsp3) is 0.441. The second-order valence-corrected chi connectivity index (χ2v) is 12.4. The number of piperidine rings is 1. The van der Waals surface area contributed by atoms with Gasteiger partial charge in [-0.2, -0.15) is 0 Å². The van der Waals surface area contributed by atoms with Crippen LogP contribution in [-0.2, 0) is 4.74 Å². The zero-order chi connectivity index (χ0) is 30.9. The molecule has 2 saturated heterocycles. The van der Waals surface area contributed by atoms with E-state index in [1.165, 1.54) is 18.6 Å². The minimum Gasteiger partial charge on any atom is -0.484 e. The van der Waals surface area contributed by atoms with Crippen molar-refractivity contribution in [3.05, 3.63) is 77.7 Å². The maximum Gasteiger partial charge on any atom is 0.319 e. The average molecular weight is 614 g/mol. The lowest BCUT2D eigenvalue weighted by Crippen LogP contribution is -2.44. The van der Waals surface area contributed by atoms with E-state index in [0.717, 1.165) is 53.4 Å². The first-order valence-electron chi connectivity index (χ1n) is 16.0. The Labute approximate surface area is 262 Å². The van der Waals surface area contributed by atoms with E-state index in [2.05, 4.69) is 50.5 Å². The van der Waals surface area contributed by atoms with Gasteiger partial charge in [0.1, 0.15) is 17.7 Å². The molecular formula is C34H40FN7O3. The van der Waals surface area contributed by atoms with Crippen molar-refractivity contribution in [2.24, 2.45) is 0 Å². The van der Waals surface area contributed by atoms with Crippen molar-refractivity contribution in [1.82, 2.24) is 19.9 Å². The van der Waals surface area contributed by atoms with Crippen molar-refractivity contribution in [2.45, 2.75) is 70.2 Å². The highest BCUT2D eigenvalue weighted by Crippen LogP contribution is 2.39. The minimum atomic E-state index is -0.394. The van der Waals surface area contributed by atoms with Gasteiger partial charge in [-0.05, 0) is 87.4 Å². The molecule has 10 nitrogen and oxygen atoms in total. The molecule has 2 fully saturated rings. The molecule has 11 heteroatoms. The monoisotopic (exact) mass is 613 g/mol. The fourth-order valence-electron chi connectivity index (χ4n) is 7.08. The molecule has 4 atom stereocenters. The number of anilines is 3. The standard InChI is InChI=1S/C34H40FN7O3/c1-22-6-5-7-23(2)42(22)34-39-38-32-13-10-27(21-41(32)34)45-31-12-11-30(28-8-3-4-9-29(28)31)37-33(43)36-25-18-24(35)19-26(20-25)40-14-16-44-17-15-40/h3-4,8-10,13,18-23,30-31H,5-7,11-12,14-17H2,1-2H3,(H2,36,37,43)/t22-,23+,30-,31+/m0/s1. The zero-order valence-electron chi connectivity index (χ0n) is 25.8. The molecule has 4 aromatic rings. The van der Waals surface area contributed by atoms with Gasteiger partial charge in [0.25, 0.3) is 0 Å². The van der Waals surface area contributed by atoms with Crippen LogP contribution in [0.4, 0.5) is 26.5 Å². The number of carbonyl (C=O) groups is 1. The Morgan fingerprint density at radius 1 is 0.956 bits per heavy atom. The number of hydrogen-bond donors (Lipinski definition) is 2. The summed E-state index contributed by atoms with van der Waals surface area (Å²) in [5, 5.41) is 14.9. The smallest absolute Gasteiger partial charge is 0.319 e. The van der Waals surface area contributed by atoms with E-state index in [1.807, 2.05) is 40.9 Å². The molecule has 236 valence electrons. The zero-order valence-corrected chi connectivity index (χ0v) is 25.8. The Kier molecular flexibility index (Phi) is 8.18. The van der Waals surface area contributed by atoms with Crippen molar-refractivity contribution in [3.8, 4) is 5.75 Å². The second kappa shape index (κ2) is 12.5. The first-order valence-corrected chi connectivity index (χ1v) is 16.0. The van der Waals surface area contributed by atoms with Gasteiger partial charge in [-0.3, -0.25) is 4.40 Å². The predicted octanol–water partition coefficient (Wildman–Crippen LogP) is 6.25. The summed E-state index contributed by atoms with van der Waals surface area (Å²) in [6, 6.07) is 16.8. The third-order valence-electron chi connectivity index (χ3n) is 9.32. The van der Waals surface area contributed by atoms with E-state index in [-0.39, 0.29) is 18.2 Å². The van der Waals surface area contributed by atoms with Crippen molar-refractivity contribution in [1.29, 1.82) is 0 Å². The maximum absolute atomic E-state index is 14.5. The van der Waals surface area contributed by atoms with Crippen LogP contribution in [0.25, 0.3) is 5.65 Å². The summed E-state index contributed by atoms with van der Waals surface area (Å²) in [5.74, 6) is 1.20. The van der Waals surface area contributed by atoms with Gasteiger partial charge in [0.2, 0.25) is 5.95 Å². The highest BCUT2D eigenvalue weighted by atomic mass is 19.1. The van der Waals surface area contributed by atoms with Crippen LogP contribution in [0.2, 0.25) is 0 Å². The summed E-state index contributed by atoms with van der Waals surface area (Å²) in [7, 11) is 0. The van der Waals surface area contributed by atoms with Gasteiger partial charge in [-0.1, -0.05) is 24.3 Å². The number of carbonyl (C=O) groups excluding carboxylic acids is 1. The Balaban J connectivity index is 1.06. The van der Waals surface area contributed by atoms with Gasteiger partial charge < -0.3 is 29.9 Å². The number of nitrogens with zero attached hydrogens (tertiary/aromatic N) is 5. The number of ether oxygens (including phenoxy) is 2. The third-order valence-corrected chi connectivity index (χ3v) is 9.32. The first-order chi connectivity index (χ1) is 21.9. The molecule has 2 aromatic carbocycles. The van der Waals surface area contributed by atoms with Crippen LogP contribution in [0.15, 0.2) is 60.8 Å². The number of urea groups is 1. The van der Waals surface area contributed by atoms with Crippen LogP contribution in [0.3, 0.4) is 0 Å². The lowest BCUT2D eigenvalue weighted by atomic mass is 9.85. The number of aromatic nitrogens is 3. The van der Waals surface area contributed by atoms with E-state index in [9.17, 15) is 9.18 Å². The normalized spacial score (nSPS) is 23.4.